The number of rotatable bonds is 4. The van der Waals surface area contributed by atoms with E-state index in [4.69, 9.17) is 0 Å². The van der Waals surface area contributed by atoms with Crippen LogP contribution in [0, 0.1) is 60.2 Å². The summed E-state index contributed by atoms with van der Waals surface area (Å²) in [7, 11) is 0. The van der Waals surface area contributed by atoms with Crippen molar-refractivity contribution in [2.45, 2.75) is 60.8 Å². The molecule has 2 aromatic carbocycles. The first-order valence-electron chi connectivity index (χ1n) is 9.28. The van der Waals surface area contributed by atoms with Crippen LogP contribution in [0.15, 0.2) is 24.3 Å². The molecule has 2 aromatic rings. The van der Waals surface area contributed by atoms with Gasteiger partial charge in [0.05, 0.1) is 0 Å². The summed E-state index contributed by atoms with van der Waals surface area (Å²) in [6.45, 7) is 17.3. The molecule has 0 radical (unpaired) electrons. The Bertz CT molecular complexity index is 720. The molecule has 0 atom stereocenters. The van der Waals surface area contributed by atoms with Crippen LogP contribution in [0.2, 0.25) is 0 Å². The first kappa shape index (κ1) is 22.7. The normalized spacial score (nSPS) is 9.96. The molecule has 0 amide bonds. The van der Waals surface area contributed by atoms with Gasteiger partial charge in [-0.15, -0.1) is 11.7 Å². The quantitative estimate of drug-likeness (QED) is 0.345. The molecule has 0 saturated carbocycles. The second-order valence-corrected chi connectivity index (χ2v) is 7.34. The Kier molecular flexibility index (Phi) is 8.83. The molecule has 0 nitrogen and oxygen atoms in total. The summed E-state index contributed by atoms with van der Waals surface area (Å²) in [5.74, 6) is 7.04. The van der Waals surface area contributed by atoms with Crippen molar-refractivity contribution in [1.29, 1.82) is 0 Å². The van der Waals surface area contributed by atoms with Gasteiger partial charge in [0.2, 0.25) is 0 Å². The predicted molar refractivity (Wildman–Crippen MR) is 113 cm³/mol. The van der Waals surface area contributed by atoms with E-state index in [9.17, 15) is 0 Å². The average molecular weight is 336 g/mol. The smallest absolute Gasteiger partial charge is 0.343 e. The summed E-state index contributed by atoms with van der Waals surface area (Å²) in [6.07, 6.45) is 2.94. The van der Waals surface area contributed by atoms with Gasteiger partial charge in [-0.25, -0.2) is 0 Å². The van der Waals surface area contributed by atoms with E-state index in [1.165, 1.54) is 44.3 Å². The number of hydrogen-bond acceptors (Lipinski definition) is 0. The maximum Gasteiger partial charge on any atom is 1.00 e. The van der Waals surface area contributed by atoms with Gasteiger partial charge in [-0.3, -0.25) is 0 Å². The van der Waals surface area contributed by atoms with Crippen molar-refractivity contribution >= 4 is 17.6 Å². The summed E-state index contributed by atoms with van der Waals surface area (Å²) in [4.78, 5) is 0. The third-order valence-electron chi connectivity index (χ3n) is 4.85. The Morgan fingerprint density at radius 1 is 0.769 bits per heavy atom. The molecule has 0 aliphatic rings. The Hall–Kier alpha value is -1.34. The zero-order valence-electron chi connectivity index (χ0n) is 17.7. The summed E-state index contributed by atoms with van der Waals surface area (Å²) in [5, 5.41) is 0. The maximum atomic E-state index is 3.93. The minimum Gasteiger partial charge on any atom is -0.343 e. The maximum absolute atomic E-state index is 3.93. The van der Waals surface area contributed by atoms with Gasteiger partial charge < -0.3 is 6.92 Å². The molecule has 0 spiro atoms. The van der Waals surface area contributed by atoms with E-state index in [-0.39, 0.29) is 25.6 Å². The van der Waals surface area contributed by atoms with Gasteiger partial charge in [-0.05, 0) is 41.5 Å². The molecule has 0 bridgehead atoms. The van der Waals surface area contributed by atoms with Gasteiger partial charge in [0.25, 0.3) is 6.71 Å². The molecule has 0 saturated heterocycles. The van der Waals surface area contributed by atoms with Crippen molar-refractivity contribution in [3.05, 3.63) is 64.6 Å². The summed E-state index contributed by atoms with van der Waals surface area (Å²) in [6, 6.07) is 9.13. The van der Waals surface area contributed by atoms with Crippen LogP contribution in [0.1, 0.15) is 52.6 Å². The van der Waals surface area contributed by atoms with Crippen LogP contribution in [0.5, 0.6) is 0 Å². The number of unbranched alkanes of at least 4 members (excludes halogenated alkanes) is 2. The van der Waals surface area contributed by atoms with Crippen LogP contribution in [0.4, 0.5) is 0 Å². The van der Waals surface area contributed by atoms with E-state index in [0.29, 0.717) is 0 Å². The molecular weight excluding hydrogens is 306 g/mol. The summed E-state index contributed by atoms with van der Waals surface area (Å²) >= 11 is 0. The van der Waals surface area contributed by atoms with Crippen LogP contribution >= 0.6 is 0 Å². The summed E-state index contributed by atoms with van der Waals surface area (Å²) < 4.78 is 0. The second kappa shape index (κ2) is 10.1. The van der Waals surface area contributed by atoms with Crippen molar-refractivity contribution in [3.8, 4) is 11.7 Å². The molecule has 0 unspecified atom stereocenters. The topological polar surface area (TPSA) is 0 Å². The van der Waals surface area contributed by atoms with E-state index < -0.39 is 0 Å². The molecule has 0 aromatic heterocycles. The summed E-state index contributed by atoms with van der Waals surface area (Å²) in [5.41, 5.74) is 10.8. The Balaban J connectivity index is 0.00000338. The Morgan fingerprint density at radius 3 is 1.50 bits per heavy atom. The van der Waals surface area contributed by atoms with Gasteiger partial charge in [-0.1, -0.05) is 75.0 Å². The SMILES string of the molecule is [CH2-]CCCC#CB(c1c(C)cc(C)cc1C)c1c(C)cc(C)cc1C.[Li+]. The van der Waals surface area contributed by atoms with E-state index >= 15 is 0 Å². The first-order chi connectivity index (χ1) is 11.8. The average Bonchev–Trinajstić information content (AvgIpc) is 2.48. The third-order valence-corrected chi connectivity index (χ3v) is 4.85. The fourth-order valence-corrected chi connectivity index (χ4v) is 3.97. The number of hydrogen-bond donors (Lipinski definition) is 0. The minimum absolute atomic E-state index is 0. The van der Waals surface area contributed by atoms with Crippen LogP contribution in [0.3, 0.4) is 0 Å². The minimum atomic E-state index is 0. The number of aryl methyl sites for hydroxylation is 6. The molecule has 2 rings (SSSR count). The fraction of sp³-hybridized carbons (Fsp3) is 0.375. The Labute approximate surface area is 173 Å². The molecule has 0 N–H and O–H groups in total. The molecule has 130 valence electrons. The van der Waals surface area contributed by atoms with Crippen LogP contribution in [0.25, 0.3) is 0 Å². The van der Waals surface area contributed by atoms with Gasteiger partial charge >= 0.3 is 18.9 Å². The zero-order valence-corrected chi connectivity index (χ0v) is 17.7. The van der Waals surface area contributed by atoms with E-state index in [0.717, 1.165) is 19.3 Å². The van der Waals surface area contributed by atoms with Crippen LogP contribution in [-0.2, 0) is 0 Å². The predicted octanol–water partition coefficient (Wildman–Crippen LogP) is 1.70. The van der Waals surface area contributed by atoms with E-state index in [2.05, 4.69) is 84.5 Å². The molecule has 2 heteroatoms. The van der Waals surface area contributed by atoms with Gasteiger partial charge in [0.1, 0.15) is 0 Å². The third kappa shape index (κ3) is 5.33. The van der Waals surface area contributed by atoms with E-state index in [1.54, 1.807) is 0 Å². The standard InChI is InChI=1S/C24H30B.Li/c1-8-9-10-11-12-25(23-19(4)13-17(2)14-20(23)5)24-21(6)15-18(3)16-22(24)7;/h13-16H,1,8-10H2,2-7H3;/q-1;+1. The zero-order chi connectivity index (χ0) is 18.6. The fourth-order valence-electron chi connectivity index (χ4n) is 3.97. The molecule has 0 aliphatic carbocycles. The molecular formula is C24H30BLi. The first-order valence-corrected chi connectivity index (χ1v) is 9.28. The molecule has 0 aliphatic heterocycles. The van der Waals surface area contributed by atoms with Gasteiger partial charge in [0.15, 0.2) is 0 Å². The molecule has 26 heavy (non-hydrogen) atoms. The Morgan fingerprint density at radius 2 is 1.15 bits per heavy atom. The van der Waals surface area contributed by atoms with Crippen molar-refractivity contribution < 1.29 is 18.9 Å². The monoisotopic (exact) mass is 336 g/mol. The second-order valence-electron chi connectivity index (χ2n) is 7.34. The van der Waals surface area contributed by atoms with E-state index in [1.807, 2.05) is 0 Å². The van der Waals surface area contributed by atoms with Crippen molar-refractivity contribution in [2.24, 2.45) is 0 Å². The molecule has 0 fully saturated rings. The molecule has 0 heterocycles. The van der Waals surface area contributed by atoms with Gasteiger partial charge in [0, 0.05) is 6.42 Å². The number of benzene rings is 2. The van der Waals surface area contributed by atoms with Crippen molar-refractivity contribution in [1.82, 2.24) is 0 Å². The van der Waals surface area contributed by atoms with Gasteiger partial charge in [-0.2, -0.15) is 6.42 Å². The largest absolute Gasteiger partial charge is 1.00 e. The van der Waals surface area contributed by atoms with Crippen molar-refractivity contribution in [3.63, 3.8) is 0 Å². The van der Waals surface area contributed by atoms with Crippen LogP contribution < -0.4 is 29.8 Å². The van der Waals surface area contributed by atoms with Crippen molar-refractivity contribution in [2.75, 3.05) is 0 Å². The van der Waals surface area contributed by atoms with Crippen LogP contribution in [-0.4, -0.2) is 6.71 Å².